The van der Waals surface area contributed by atoms with Gasteiger partial charge < -0.3 is 20.5 Å². The molecule has 262 valence electrons. The summed E-state index contributed by atoms with van der Waals surface area (Å²) < 4.78 is 13.8. The zero-order valence-corrected chi connectivity index (χ0v) is 27.8. The number of piperazine rings is 1. The summed E-state index contributed by atoms with van der Waals surface area (Å²) in [6.07, 6.45) is 3.53. The number of carbonyl (C=O) groups excluding carboxylic acids is 6. The number of anilines is 3. The van der Waals surface area contributed by atoms with Crippen LogP contribution in [0.1, 0.15) is 50.4 Å². The van der Waals surface area contributed by atoms with Crippen LogP contribution in [0.25, 0.3) is 11.6 Å². The molecule has 0 spiro atoms. The number of benzene rings is 2. The summed E-state index contributed by atoms with van der Waals surface area (Å²) in [6, 6.07) is 8.64. The van der Waals surface area contributed by atoms with Crippen molar-refractivity contribution in [2.45, 2.75) is 31.8 Å². The van der Waals surface area contributed by atoms with Gasteiger partial charge in [0.05, 0.1) is 28.9 Å². The summed E-state index contributed by atoms with van der Waals surface area (Å²) in [4.78, 5) is 86.5. The molecule has 14 nitrogen and oxygen atoms in total. The van der Waals surface area contributed by atoms with Crippen LogP contribution in [0.15, 0.2) is 42.6 Å². The lowest BCUT2D eigenvalue weighted by Gasteiger charge is -2.49. The normalized spacial score (nSPS) is 21.9. The van der Waals surface area contributed by atoms with Crippen molar-refractivity contribution in [1.29, 1.82) is 0 Å². The molecule has 1 unspecified atom stereocenters. The summed E-state index contributed by atoms with van der Waals surface area (Å²) in [6.45, 7) is 6.64. The molecule has 5 aliphatic heterocycles. The van der Waals surface area contributed by atoms with Gasteiger partial charge in [-0.25, -0.2) is 4.39 Å². The molecule has 2 aromatic carbocycles. The fourth-order valence-electron chi connectivity index (χ4n) is 7.47. The number of halogens is 1. The number of hydrogen-bond acceptors (Lipinski definition) is 9. The number of fused-ring (bicyclic) bond motifs is 2. The lowest BCUT2D eigenvalue weighted by molar-refractivity contribution is -0.136. The van der Waals surface area contributed by atoms with E-state index in [1.807, 2.05) is 13.0 Å². The van der Waals surface area contributed by atoms with Crippen LogP contribution in [0.3, 0.4) is 0 Å². The van der Waals surface area contributed by atoms with E-state index in [4.69, 9.17) is 0 Å². The molecule has 4 N–H and O–H groups in total. The number of hydrogen-bond donors (Lipinski definition) is 4. The summed E-state index contributed by atoms with van der Waals surface area (Å²) in [5, 5.41) is 7.92. The van der Waals surface area contributed by atoms with Gasteiger partial charge in [0.25, 0.3) is 17.7 Å². The topological polar surface area (TPSA) is 167 Å². The van der Waals surface area contributed by atoms with Crippen molar-refractivity contribution in [3.05, 3.63) is 76.4 Å². The summed E-state index contributed by atoms with van der Waals surface area (Å²) in [7, 11) is 0. The standard InChI is InChI=1S/C36H35FN8O6/c1-19-28(14-25-24-12-20(37)2-5-27(24)40-33(25)48)38-15-29(19)39-32(47)18-42-8-10-43(11-9-42)22-16-44(17-22)21-3-4-23-26(13-21)36(51)45(35(23)50)30-6-7-31(46)41-34(30)49/h2-5,12-15,22,30,38H,6-11,16-18H2,1H3,(H,39,47)(H,40,48)(H,41,46,49)/b25-14-. The number of imide groups is 2. The average molecular weight is 695 g/mol. The van der Waals surface area contributed by atoms with E-state index in [2.05, 4.69) is 35.6 Å². The monoisotopic (exact) mass is 694 g/mol. The van der Waals surface area contributed by atoms with Gasteiger partial charge >= 0.3 is 0 Å². The third-order valence-corrected chi connectivity index (χ3v) is 10.4. The number of amides is 6. The van der Waals surface area contributed by atoms with E-state index in [0.717, 1.165) is 55.4 Å². The van der Waals surface area contributed by atoms with Crippen LogP contribution in [-0.4, -0.2) is 113 Å². The van der Waals surface area contributed by atoms with Gasteiger partial charge in [-0.1, -0.05) is 0 Å². The Morgan fingerprint density at radius 2 is 1.71 bits per heavy atom. The zero-order chi connectivity index (χ0) is 35.6. The van der Waals surface area contributed by atoms with E-state index < -0.39 is 35.5 Å². The van der Waals surface area contributed by atoms with Crippen LogP contribution in [0.5, 0.6) is 0 Å². The lowest BCUT2D eigenvalue weighted by Crippen LogP contribution is -2.63. The number of H-pyrrole nitrogens is 1. The Balaban J connectivity index is 0.818. The third-order valence-electron chi connectivity index (χ3n) is 10.4. The molecule has 0 aliphatic carbocycles. The maximum Gasteiger partial charge on any atom is 0.262 e. The predicted molar refractivity (Wildman–Crippen MR) is 184 cm³/mol. The second kappa shape index (κ2) is 12.6. The Morgan fingerprint density at radius 1 is 0.941 bits per heavy atom. The van der Waals surface area contributed by atoms with Gasteiger partial charge in [-0.15, -0.1) is 0 Å². The Labute approximate surface area is 291 Å². The van der Waals surface area contributed by atoms with Crippen LogP contribution in [-0.2, 0) is 19.2 Å². The highest BCUT2D eigenvalue weighted by molar-refractivity contribution is 6.35. The summed E-state index contributed by atoms with van der Waals surface area (Å²) in [5.74, 6) is -2.97. The predicted octanol–water partition coefficient (Wildman–Crippen LogP) is 1.80. The van der Waals surface area contributed by atoms with E-state index in [-0.39, 0.29) is 42.3 Å². The van der Waals surface area contributed by atoms with Gasteiger partial charge in [-0.2, -0.15) is 0 Å². The van der Waals surface area contributed by atoms with Crippen LogP contribution >= 0.6 is 0 Å². The zero-order valence-electron chi connectivity index (χ0n) is 27.8. The first kappa shape index (κ1) is 32.5. The number of aromatic nitrogens is 1. The van der Waals surface area contributed by atoms with E-state index in [1.165, 1.54) is 18.2 Å². The van der Waals surface area contributed by atoms with Gasteiger partial charge in [0.15, 0.2) is 0 Å². The fourth-order valence-corrected chi connectivity index (χ4v) is 7.47. The first-order valence-corrected chi connectivity index (χ1v) is 16.9. The minimum atomic E-state index is -0.995. The second-order valence-electron chi connectivity index (χ2n) is 13.5. The molecule has 3 aromatic rings. The van der Waals surface area contributed by atoms with Gasteiger partial charge in [0.2, 0.25) is 17.7 Å². The number of piperidine rings is 1. The molecular weight excluding hydrogens is 659 g/mol. The van der Waals surface area contributed by atoms with Crippen molar-refractivity contribution in [2.24, 2.45) is 0 Å². The molecule has 15 heteroatoms. The number of carbonyl (C=O) groups is 6. The van der Waals surface area contributed by atoms with Crippen LogP contribution in [0.4, 0.5) is 21.5 Å². The molecule has 0 saturated carbocycles. The molecule has 6 amide bonds. The number of rotatable bonds is 7. The number of aromatic amines is 1. The van der Waals surface area contributed by atoms with Gasteiger partial charge in [0.1, 0.15) is 11.9 Å². The SMILES string of the molecule is Cc1c(NC(=O)CN2CCN(C3CN(c4ccc5c(c4)C(=O)N(C4CCC(=O)NC4=O)C5=O)C3)CC2)c[nH]c1/C=C1\C(=O)Nc2ccc(F)cc21. The fraction of sp³-hybridized carbons (Fsp3) is 0.333. The Hall–Kier alpha value is -5.67. The van der Waals surface area contributed by atoms with Crippen molar-refractivity contribution in [1.82, 2.24) is 25.0 Å². The first-order valence-electron chi connectivity index (χ1n) is 16.9. The maximum atomic E-state index is 13.8. The molecule has 8 rings (SSSR count). The lowest BCUT2D eigenvalue weighted by atomic mass is 10.0. The molecule has 1 aromatic heterocycles. The molecule has 5 aliphatic rings. The van der Waals surface area contributed by atoms with Crippen molar-refractivity contribution >= 4 is 64.2 Å². The van der Waals surface area contributed by atoms with Gasteiger partial charge in [-0.3, -0.25) is 48.8 Å². The minimum absolute atomic E-state index is 0.0730. The number of nitrogens with zero attached hydrogens (tertiary/aromatic N) is 4. The van der Waals surface area contributed by atoms with Crippen molar-refractivity contribution in [3.8, 4) is 0 Å². The molecule has 51 heavy (non-hydrogen) atoms. The first-order chi connectivity index (χ1) is 24.5. The molecular formula is C36H35FN8O6. The molecule has 3 fully saturated rings. The second-order valence-corrected chi connectivity index (χ2v) is 13.5. The molecule has 0 bridgehead atoms. The highest BCUT2D eigenvalue weighted by atomic mass is 19.1. The van der Waals surface area contributed by atoms with Crippen molar-refractivity contribution in [2.75, 3.05) is 61.3 Å². The Bertz CT molecular complexity index is 2060. The molecule has 0 radical (unpaired) electrons. The molecule has 3 saturated heterocycles. The Kier molecular flexibility index (Phi) is 8.03. The van der Waals surface area contributed by atoms with E-state index in [9.17, 15) is 33.2 Å². The van der Waals surface area contributed by atoms with E-state index in [1.54, 1.807) is 24.4 Å². The van der Waals surface area contributed by atoms with Crippen molar-refractivity contribution < 1.29 is 33.2 Å². The quantitative estimate of drug-likeness (QED) is 0.213. The highest BCUT2D eigenvalue weighted by Gasteiger charge is 2.45. The van der Waals surface area contributed by atoms with Crippen LogP contribution in [0.2, 0.25) is 0 Å². The number of nitrogens with one attached hydrogen (secondary N) is 4. The summed E-state index contributed by atoms with van der Waals surface area (Å²) >= 11 is 0. The van der Waals surface area contributed by atoms with Crippen LogP contribution in [0, 0.1) is 12.7 Å². The molecule has 6 heterocycles. The smallest absolute Gasteiger partial charge is 0.262 e. The summed E-state index contributed by atoms with van der Waals surface area (Å²) in [5.41, 5.74) is 4.76. The Morgan fingerprint density at radius 3 is 2.47 bits per heavy atom. The average Bonchev–Trinajstić information content (AvgIpc) is 3.67. The van der Waals surface area contributed by atoms with E-state index in [0.29, 0.717) is 34.2 Å². The maximum absolute atomic E-state index is 13.8. The van der Waals surface area contributed by atoms with Gasteiger partial charge in [0, 0.05) is 80.6 Å². The minimum Gasteiger partial charge on any atom is -0.368 e. The van der Waals surface area contributed by atoms with E-state index >= 15 is 0 Å². The van der Waals surface area contributed by atoms with Crippen molar-refractivity contribution in [3.63, 3.8) is 0 Å². The van der Waals surface area contributed by atoms with Gasteiger partial charge in [-0.05, 0) is 61.4 Å². The highest BCUT2D eigenvalue weighted by Crippen LogP contribution is 2.35. The third kappa shape index (κ3) is 5.87. The van der Waals surface area contributed by atoms with Crippen LogP contribution < -0.4 is 20.9 Å². The largest absolute Gasteiger partial charge is 0.368 e. The molecule has 1 atom stereocenters.